The largest absolute Gasteiger partial charge is 0.454 e. The summed E-state index contributed by atoms with van der Waals surface area (Å²) < 4.78 is 16.6. The third kappa shape index (κ3) is 5.48. The van der Waals surface area contributed by atoms with Gasteiger partial charge in [-0.05, 0) is 43.5 Å². The van der Waals surface area contributed by atoms with Crippen LogP contribution in [-0.2, 0) is 19.6 Å². The van der Waals surface area contributed by atoms with E-state index in [1.807, 2.05) is 32.0 Å². The van der Waals surface area contributed by atoms with Crippen molar-refractivity contribution in [3.8, 4) is 11.5 Å². The van der Waals surface area contributed by atoms with E-state index in [9.17, 15) is 4.79 Å². The SMILES string of the molecule is CC[C@H](C)NC(=O)c1coc(CN(Cc2cccc(C)c2)Cc2ccc3c(c2)OCO3)n1. The smallest absolute Gasteiger partial charge is 0.273 e. The van der Waals surface area contributed by atoms with Crippen LogP contribution < -0.4 is 14.8 Å². The normalized spacial score (nSPS) is 13.4. The van der Waals surface area contributed by atoms with Gasteiger partial charge in [0.05, 0.1) is 6.54 Å². The highest BCUT2D eigenvalue weighted by atomic mass is 16.7. The molecule has 0 radical (unpaired) electrons. The standard InChI is InChI=1S/C25H29N3O4/c1-4-18(3)26-25(29)21-15-30-24(27-21)14-28(12-19-7-5-6-17(2)10-19)13-20-8-9-22-23(11-20)32-16-31-22/h5-11,15,18H,4,12-14,16H2,1-3H3,(H,26,29)/t18-/m0/s1. The topological polar surface area (TPSA) is 76.8 Å². The highest BCUT2D eigenvalue weighted by Crippen LogP contribution is 2.33. The summed E-state index contributed by atoms with van der Waals surface area (Å²) in [5.74, 6) is 1.82. The predicted octanol–water partition coefficient (Wildman–Crippen LogP) is 4.44. The molecule has 0 bridgehead atoms. The van der Waals surface area contributed by atoms with Gasteiger partial charge in [-0.15, -0.1) is 0 Å². The second-order valence-corrected chi connectivity index (χ2v) is 8.23. The average molecular weight is 436 g/mol. The van der Waals surface area contributed by atoms with Crippen molar-refractivity contribution in [1.82, 2.24) is 15.2 Å². The van der Waals surface area contributed by atoms with Crippen molar-refractivity contribution in [2.45, 2.75) is 52.9 Å². The summed E-state index contributed by atoms with van der Waals surface area (Å²) >= 11 is 0. The zero-order chi connectivity index (χ0) is 22.5. The first-order chi connectivity index (χ1) is 15.5. The molecule has 32 heavy (non-hydrogen) atoms. The molecule has 7 nitrogen and oxygen atoms in total. The van der Waals surface area contributed by atoms with Gasteiger partial charge in [0, 0.05) is 19.1 Å². The monoisotopic (exact) mass is 435 g/mol. The first-order valence-electron chi connectivity index (χ1n) is 10.9. The molecular weight excluding hydrogens is 406 g/mol. The highest BCUT2D eigenvalue weighted by molar-refractivity contribution is 5.92. The lowest BCUT2D eigenvalue weighted by Gasteiger charge is -2.21. The number of ether oxygens (including phenoxy) is 2. The summed E-state index contributed by atoms with van der Waals surface area (Å²) in [4.78, 5) is 19.0. The number of nitrogens with one attached hydrogen (secondary N) is 1. The van der Waals surface area contributed by atoms with Crippen LogP contribution in [0.2, 0.25) is 0 Å². The quantitative estimate of drug-likeness (QED) is 0.535. The molecule has 4 rings (SSSR count). The van der Waals surface area contributed by atoms with Gasteiger partial charge in [0.25, 0.3) is 5.91 Å². The van der Waals surface area contributed by atoms with Crippen LogP contribution in [0.4, 0.5) is 0 Å². The van der Waals surface area contributed by atoms with Crippen LogP contribution in [0.25, 0.3) is 0 Å². The fraction of sp³-hybridized carbons (Fsp3) is 0.360. The number of oxazole rings is 1. The summed E-state index contributed by atoms with van der Waals surface area (Å²) in [6.45, 7) is 8.19. The minimum absolute atomic E-state index is 0.0893. The van der Waals surface area contributed by atoms with Crippen LogP contribution in [0.5, 0.6) is 11.5 Å². The maximum atomic E-state index is 12.4. The van der Waals surface area contributed by atoms with E-state index < -0.39 is 0 Å². The molecule has 1 aliphatic heterocycles. The van der Waals surface area contributed by atoms with Gasteiger partial charge in [-0.1, -0.05) is 42.8 Å². The van der Waals surface area contributed by atoms with Crippen molar-refractivity contribution in [1.29, 1.82) is 0 Å². The van der Waals surface area contributed by atoms with Gasteiger partial charge in [0.1, 0.15) is 6.26 Å². The van der Waals surface area contributed by atoms with E-state index in [2.05, 4.69) is 46.4 Å². The Kier molecular flexibility index (Phi) is 6.75. The van der Waals surface area contributed by atoms with Crippen LogP contribution in [-0.4, -0.2) is 28.6 Å². The lowest BCUT2D eigenvalue weighted by Crippen LogP contribution is -2.32. The predicted molar refractivity (Wildman–Crippen MR) is 120 cm³/mol. The van der Waals surface area contributed by atoms with Gasteiger partial charge in [-0.3, -0.25) is 9.69 Å². The number of aryl methyl sites for hydroxylation is 1. The minimum atomic E-state index is -0.213. The van der Waals surface area contributed by atoms with Crippen LogP contribution in [0.3, 0.4) is 0 Å². The zero-order valence-corrected chi connectivity index (χ0v) is 18.8. The van der Waals surface area contributed by atoms with Crippen LogP contribution >= 0.6 is 0 Å². The number of carbonyl (C=O) groups is 1. The fourth-order valence-electron chi connectivity index (χ4n) is 3.61. The van der Waals surface area contributed by atoms with Crippen molar-refractivity contribution in [3.63, 3.8) is 0 Å². The highest BCUT2D eigenvalue weighted by Gasteiger charge is 2.18. The van der Waals surface area contributed by atoms with E-state index in [4.69, 9.17) is 13.9 Å². The first kappa shape index (κ1) is 21.9. The van der Waals surface area contributed by atoms with Crippen molar-refractivity contribution in [2.24, 2.45) is 0 Å². The molecule has 168 valence electrons. The van der Waals surface area contributed by atoms with Crippen molar-refractivity contribution < 1.29 is 18.7 Å². The Labute approximate surface area is 188 Å². The number of benzene rings is 2. The third-order valence-corrected chi connectivity index (χ3v) is 5.46. The Balaban J connectivity index is 1.51. The van der Waals surface area contributed by atoms with Crippen molar-refractivity contribution in [2.75, 3.05) is 6.79 Å². The number of nitrogens with zero attached hydrogens (tertiary/aromatic N) is 2. The van der Waals surface area contributed by atoms with E-state index in [1.54, 1.807) is 0 Å². The molecule has 2 heterocycles. The minimum Gasteiger partial charge on any atom is -0.454 e. The molecule has 0 fully saturated rings. The molecule has 0 saturated heterocycles. The Bertz CT molecular complexity index is 1080. The van der Waals surface area contributed by atoms with Gasteiger partial charge < -0.3 is 19.2 Å². The second-order valence-electron chi connectivity index (χ2n) is 8.23. The van der Waals surface area contributed by atoms with Gasteiger partial charge in [-0.25, -0.2) is 4.98 Å². The number of rotatable bonds is 9. The molecule has 0 saturated carbocycles. The number of hydrogen-bond donors (Lipinski definition) is 1. The Morgan fingerprint density at radius 3 is 2.66 bits per heavy atom. The van der Waals surface area contributed by atoms with Crippen LogP contribution in [0, 0.1) is 6.92 Å². The van der Waals surface area contributed by atoms with E-state index in [0.29, 0.717) is 31.2 Å². The lowest BCUT2D eigenvalue weighted by molar-refractivity contribution is 0.0934. The summed E-state index contributed by atoms with van der Waals surface area (Å²) in [7, 11) is 0. The van der Waals surface area contributed by atoms with Crippen LogP contribution in [0.1, 0.15) is 53.3 Å². The molecule has 0 unspecified atom stereocenters. The molecule has 0 aliphatic carbocycles. The number of carbonyl (C=O) groups excluding carboxylic acids is 1. The maximum absolute atomic E-state index is 12.4. The lowest BCUT2D eigenvalue weighted by atomic mass is 10.1. The van der Waals surface area contributed by atoms with E-state index in [0.717, 1.165) is 23.5 Å². The Morgan fingerprint density at radius 1 is 1.09 bits per heavy atom. The number of fused-ring (bicyclic) bond motifs is 1. The zero-order valence-electron chi connectivity index (χ0n) is 18.8. The number of aromatic nitrogens is 1. The van der Waals surface area contributed by atoms with Gasteiger partial charge in [0.2, 0.25) is 12.7 Å². The maximum Gasteiger partial charge on any atom is 0.273 e. The molecule has 1 aromatic heterocycles. The van der Waals surface area contributed by atoms with E-state index >= 15 is 0 Å². The molecule has 1 atom stereocenters. The Morgan fingerprint density at radius 2 is 1.88 bits per heavy atom. The summed E-state index contributed by atoms with van der Waals surface area (Å²) in [6.07, 6.45) is 2.29. The van der Waals surface area contributed by atoms with E-state index in [1.165, 1.54) is 17.4 Å². The van der Waals surface area contributed by atoms with Crippen molar-refractivity contribution >= 4 is 5.91 Å². The number of amides is 1. The van der Waals surface area contributed by atoms with E-state index in [-0.39, 0.29) is 18.7 Å². The summed E-state index contributed by atoms with van der Waals surface area (Å²) in [5.41, 5.74) is 3.82. The number of hydrogen-bond acceptors (Lipinski definition) is 6. The van der Waals surface area contributed by atoms with Gasteiger partial charge in [0.15, 0.2) is 17.2 Å². The third-order valence-electron chi connectivity index (χ3n) is 5.46. The average Bonchev–Trinajstić information content (AvgIpc) is 3.42. The molecule has 1 aliphatic rings. The van der Waals surface area contributed by atoms with Gasteiger partial charge in [-0.2, -0.15) is 0 Å². The summed E-state index contributed by atoms with van der Waals surface area (Å²) in [5, 5.41) is 2.92. The fourth-order valence-corrected chi connectivity index (χ4v) is 3.61. The Hall–Kier alpha value is -3.32. The van der Waals surface area contributed by atoms with Gasteiger partial charge >= 0.3 is 0 Å². The molecule has 3 aromatic rings. The molecule has 1 amide bonds. The second kappa shape index (κ2) is 9.87. The molecule has 0 spiro atoms. The molecule has 2 aromatic carbocycles. The summed E-state index contributed by atoms with van der Waals surface area (Å²) in [6, 6.07) is 14.5. The van der Waals surface area contributed by atoms with Crippen molar-refractivity contribution in [3.05, 3.63) is 77.0 Å². The molecular formula is C25H29N3O4. The molecule has 1 N–H and O–H groups in total. The van der Waals surface area contributed by atoms with Crippen LogP contribution in [0.15, 0.2) is 53.1 Å². The first-order valence-corrected chi connectivity index (χ1v) is 10.9. The molecule has 7 heteroatoms.